The van der Waals surface area contributed by atoms with Gasteiger partial charge in [-0.05, 0) is 12.8 Å². The summed E-state index contributed by atoms with van der Waals surface area (Å²) in [5, 5.41) is 2.44. The van der Waals surface area contributed by atoms with Crippen LogP contribution in [0, 0.1) is 0 Å². The van der Waals surface area contributed by atoms with Gasteiger partial charge in [0.05, 0.1) is 11.7 Å². The minimum atomic E-state index is -4.19. The van der Waals surface area contributed by atoms with Crippen LogP contribution < -0.4 is 5.32 Å². The molecule has 1 amide bonds. The number of hydrogen-bond acceptors (Lipinski definition) is 2. The van der Waals surface area contributed by atoms with Gasteiger partial charge in [-0.15, -0.1) is 13.2 Å². The largest absolute Gasteiger partial charge is 0.352 e. The molecule has 0 radical (unpaired) electrons. The molecule has 0 bridgehead atoms. The highest BCUT2D eigenvalue weighted by atomic mass is 31.2. The van der Waals surface area contributed by atoms with Crippen LogP contribution in [0.1, 0.15) is 12.8 Å². The van der Waals surface area contributed by atoms with E-state index in [0.29, 0.717) is 6.41 Å². The first-order valence-corrected chi connectivity index (χ1v) is 6.16. The summed E-state index contributed by atoms with van der Waals surface area (Å²) in [7, 11) is -4.19. The summed E-state index contributed by atoms with van der Waals surface area (Å²) in [5.74, 6) is 0. The molecule has 0 heterocycles. The Bertz CT molecular complexity index is 257. The van der Waals surface area contributed by atoms with Crippen molar-refractivity contribution >= 4 is 14.0 Å². The topological polar surface area (TPSA) is 86.6 Å². The maximum absolute atomic E-state index is 10.9. The molecular formula is C9H16NO4P. The monoisotopic (exact) mass is 233 g/mol. The second kappa shape index (κ2) is 5.85. The van der Waals surface area contributed by atoms with Gasteiger partial charge in [-0.2, -0.15) is 0 Å². The van der Waals surface area contributed by atoms with Crippen LogP contribution in [0.15, 0.2) is 25.3 Å². The lowest BCUT2D eigenvalue weighted by Crippen LogP contribution is -2.47. The van der Waals surface area contributed by atoms with Gasteiger partial charge in [-0.1, -0.05) is 12.2 Å². The van der Waals surface area contributed by atoms with E-state index in [4.69, 9.17) is 9.79 Å². The number of hydrogen-bond donors (Lipinski definition) is 3. The van der Waals surface area contributed by atoms with Crippen molar-refractivity contribution < 1.29 is 19.1 Å². The Hall–Kier alpha value is -0.900. The van der Waals surface area contributed by atoms with Crippen LogP contribution in [0.4, 0.5) is 0 Å². The molecule has 0 aromatic heterocycles. The van der Waals surface area contributed by atoms with Crippen LogP contribution in [0.5, 0.6) is 0 Å². The zero-order valence-electron chi connectivity index (χ0n) is 8.43. The van der Waals surface area contributed by atoms with Gasteiger partial charge < -0.3 is 15.1 Å². The SMILES string of the molecule is C=CCC(CC=C)(CP(=O)(O)O)NC=O. The van der Waals surface area contributed by atoms with Crippen molar-refractivity contribution in [2.24, 2.45) is 0 Å². The highest BCUT2D eigenvalue weighted by molar-refractivity contribution is 7.51. The van der Waals surface area contributed by atoms with Crippen molar-refractivity contribution in [2.75, 3.05) is 6.16 Å². The molecule has 0 rings (SSSR count). The smallest absolute Gasteiger partial charge is 0.327 e. The predicted molar refractivity (Wildman–Crippen MR) is 58.5 cm³/mol. The fourth-order valence-corrected chi connectivity index (χ4v) is 2.59. The lowest BCUT2D eigenvalue weighted by molar-refractivity contribution is -0.111. The highest BCUT2D eigenvalue weighted by Crippen LogP contribution is 2.40. The van der Waals surface area contributed by atoms with Gasteiger partial charge in [0.15, 0.2) is 0 Å². The van der Waals surface area contributed by atoms with Gasteiger partial charge in [-0.3, -0.25) is 9.36 Å². The second-order valence-electron chi connectivity index (χ2n) is 3.35. The van der Waals surface area contributed by atoms with Crippen molar-refractivity contribution in [2.45, 2.75) is 18.4 Å². The summed E-state index contributed by atoms with van der Waals surface area (Å²) in [6.07, 6.45) is 3.59. The molecule has 0 atom stereocenters. The number of carbonyl (C=O) groups excluding carboxylic acids is 1. The van der Waals surface area contributed by atoms with E-state index >= 15 is 0 Å². The zero-order chi connectivity index (χ0) is 11.9. The van der Waals surface area contributed by atoms with Crippen molar-refractivity contribution in [3.63, 3.8) is 0 Å². The summed E-state index contributed by atoms with van der Waals surface area (Å²) >= 11 is 0. The molecule has 0 saturated heterocycles. The highest BCUT2D eigenvalue weighted by Gasteiger charge is 2.34. The van der Waals surface area contributed by atoms with Gasteiger partial charge in [0.25, 0.3) is 0 Å². The zero-order valence-corrected chi connectivity index (χ0v) is 9.32. The normalized spacial score (nSPS) is 11.9. The van der Waals surface area contributed by atoms with Crippen LogP contribution >= 0.6 is 7.60 Å². The molecule has 6 heteroatoms. The number of nitrogens with one attached hydrogen (secondary N) is 1. The van der Waals surface area contributed by atoms with Crippen LogP contribution in [0.2, 0.25) is 0 Å². The molecule has 0 aliphatic heterocycles. The Labute approximate surface area is 89.0 Å². The quantitative estimate of drug-likeness (QED) is 0.329. The van der Waals surface area contributed by atoms with E-state index in [1.165, 1.54) is 12.2 Å². The predicted octanol–water partition coefficient (Wildman–Crippen LogP) is 0.801. The van der Waals surface area contributed by atoms with Gasteiger partial charge in [-0.25, -0.2) is 0 Å². The molecule has 0 spiro atoms. The third kappa shape index (κ3) is 5.52. The molecule has 0 aliphatic rings. The Morgan fingerprint density at radius 3 is 2.00 bits per heavy atom. The number of carbonyl (C=O) groups is 1. The van der Waals surface area contributed by atoms with E-state index in [9.17, 15) is 9.36 Å². The molecule has 15 heavy (non-hydrogen) atoms. The van der Waals surface area contributed by atoms with Gasteiger partial charge in [0, 0.05) is 0 Å². The Balaban J connectivity index is 4.90. The molecule has 0 aromatic carbocycles. The fraction of sp³-hybridized carbons (Fsp3) is 0.444. The molecule has 5 nitrogen and oxygen atoms in total. The third-order valence-corrected chi connectivity index (χ3v) is 2.96. The summed E-state index contributed by atoms with van der Waals surface area (Å²) in [6, 6.07) is 0. The molecule has 86 valence electrons. The summed E-state index contributed by atoms with van der Waals surface area (Å²) < 4.78 is 10.9. The number of amides is 1. The molecule has 0 aromatic rings. The standard InChI is InChI=1S/C9H16NO4P/c1-3-5-9(6-4-2,10-8-11)7-15(12,13)14/h3-4,8H,1-2,5-7H2,(H,10,11)(H2,12,13,14). The van der Waals surface area contributed by atoms with E-state index in [0.717, 1.165) is 0 Å². The van der Waals surface area contributed by atoms with Gasteiger partial charge in [0.1, 0.15) is 0 Å². The van der Waals surface area contributed by atoms with Crippen LogP contribution in [0.25, 0.3) is 0 Å². The minimum absolute atomic E-state index is 0.281. The van der Waals surface area contributed by atoms with E-state index in [-0.39, 0.29) is 12.8 Å². The maximum Gasteiger partial charge on any atom is 0.327 e. The van der Waals surface area contributed by atoms with E-state index in [1.807, 2.05) is 0 Å². The summed E-state index contributed by atoms with van der Waals surface area (Å²) in [4.78, 5) is 28.3. The first-order valence-electron chi connectivity index (χ1n) is 4.37. The van der Waals surface area contributed by atoms with Crippen molar-refractivity contribution in [1.29, 1.82) is 0 Å². The summed E-state index contributed by atoms with van der Waals surface area (Å²) in [6.45, 7) is 6.99. The lowest BCUT2D eigenvalue weighted by atomic mass is 9.93. The maximum atomic E-state index is 10.9. The van der Waals surface area contributed by atoms with E-state index in [2.05, 4.69) is 18.5 Å². The van der Waals surface area contributed by atoms with Crippen molar-refractivity contribution in [3.05, 3.63) is 25.3 Å². The molecule has 3 N–H and O–H groups in total. The van der Waals surface area contributed by atoms with Crippen LogP contribution in [-0.2, 0) is 9.36 Å². The lowest BCUT2D eigenvalue weighted by Gasteiger charge is -2.31. The van der Waals surface area contributed by atoms with E-state index in [1.54, 1.807) is 0 Å². The summed E-state index contributed by atoms with van der Waals surface area (Å²) in [5.41, 5.74) is -0.982. The second-order valence-corrected chi connectivity index (χ2v) is 5.00. The van der Waals surface area contributed by atoms with Gasteiger partial charge in [0.2, 0.25) is 6.41 Å². The van der Waals surface area contributed by atoms with E-state index < -0.39 is 19.3 Å². The minimum Gasteiger partial charge on any atom is -0.352 e. The van der Waals surface area contributed by atoms with Gasteiger partial charge >= 0.3 is 7.60 Å². The number of rotatable bonds is 8. The van der Waals surface area contributed by atoms with Crippen molar-refractivity contribution in [1.82, 2.24) is 5.32 Å². The van der Waals surface area contributed by atoms with Crippen LogP contribution in [0.3, 0.4) is 0 Å². The molecule has 0 saturated carbocycles. The molecule has 0 unspecified atom stereocenters. The Kier molecular flexibility index (Phi) is 5.50. The molecule has 0 aliphatic carbocycles. The fourth-order valence-electron chi connectivity index (χ4n) is 1.45. The Morgan fingerprint density at radius 2 is 1.73 bits per heavy atom. The Morgan fingerprint density at radius 1 is 1.27 bits per heavy atom. The first kappa shape index (κ1) is 14.1. The first-order chi connectivity index (χ1) is 6.89. The average Bonchev–Trinajstić information content (AvgIpc) is 2.01. The average molecular weight is 233 g/mol. The third-order valence-electron chi connectivity index (χ3n) is 1.94. The van der Waals surface area contributed by atoms with Crippen molar-refractivity contribution in [3.8, 4) is 0 Å². The van der Waals surface area contributed by atoms with Crippen LogP contribution in [-0.4, -0.2) is 27.9 Å². The molecular weight excluding hydrogens is 217 g/mol. The molecule has 0 fully saturated rings.